The highest BCUT2D eigenvalue weighted by Gasteiger charge is 2.22. The summed E-state index contributed by atoms with van der Waals surface area (Å²) < 4.78 is 4.88. The molecule has 0 saturated heterocycles. The summed E-state index contributed by atoms with van der Waals surface area (Å²) in [6.07, 6.45) is 1.49. The maximum Gasteiger partial charge on any atom is 0.354 e. The van der Waals surface area contributed by atoms with E-state index in [2.05, 4.69) is 15.3 Å². The topological polar surface area (TPSA) is 101 Å². The monoisotopic (exact) mass is 447 g/mol. The number of carbonyl (C=O) groups excluding carboxylic acids is 2. The average Bonchev–Trinajstić information content (AvgIpc) is 2.83. The Bertz CT molecular complexity index is 1370. The molecular weight excluding hydrogens is 430 g/mol. The number of hydrogen-bond donors (Lipinski definition) is 2. The van der Waals surface area contributed by atoms with Gasteiger partial charge in [-0.25, -0.2) is 4.79 Å². The van der Waals surface area contributed by atoms with Gasteiger partial charge < -0.3 is 15.0 Å². The number of pyridine rings is 2. The lowest BCUT2D eigenvalue weighted by Crippen LogP contribution is -2.29. The molecule has 0 saturated carbocycles. The van der Waals surface area contributed by atoms with E-state index in [4.69, 9.17) is 16.3 Å². The molecule has 160 valence electrons. The molecular formula is C24H18ClN3O4. The molecule has 0 radical (unpaired) electrons. The molecule has 0 unspecified atom stereocenters. The summed E-state index contributed by atoms with van der Waals surface area (Å²) in [5.74, 6) is -1.20. The molecule has 0 spiro atoms. The minimum atomic E-state index is -0.731. The van der Waals surface area contributed by atoms with Crippen LogP contribution in [0.1, 0.15) is 26.5 Å². The number of benzene rings is 2. The largest absolute Gasteiger partial charge is 0.464 e. The highest BCUT2D eigenvalue weighted by atomic mass is 35.5. The molecule has 0 aliphatic rings. The SMILES string of the molecule is COC(=O)c1[nH]c2c(-c3ccccc3)c(Cl)ccc2c(=O)c1CNC(=O)c1ccccn1. The number of esters is 1. The Hall–Kier alpha value is -3.97. The van der Waals surface area contributed by atoms with Gasteiger partial charge in [0.25, 0.3) is 5.91 Å². The van der Waals surface area contributed by atoms with Crippen molar-refractivity contribution in [3.8, 4) is 11.1 Å². The summed E-state index contributed by atoms with van der Waals surface area (Å²) in [5, 5.41) is 3.40. The molecule has 8 heteroatoms. The van der Waals surface area contributed by atoms with Gasteiger partial charge in [-0.1, -0.05) is 48.0 Å². The molecule has 2 aromatic carbocycles. The van der Waals surface area contributed by atoms with Crippen LogP contribution < -0.4 is 10.7 Å². The van der Waals surface area contributed by atoms with Crippen molar-refractivity contribution in [2.75, 3.05) is 7.11 Å². The Morgan fingerprint density at radius 2 is 1.81 bits per heavy atom. The number of fused-ring (bicyclic) bond motifs is 1. The second kappa shape index (κ2) is 9.03. The maximum atomic E-state index is 13.4. The van der Waals surface area contributed by atoms with Crippen LogP contribution in [0, 0.1) is 0 Å². The molecule has 1 amide bonds. The van der Waals surface area contributed by atoms with Crippen molar-refractivity contribution >= 4 is 34.4 Å². The highest BCUT2D eigenvalue weighted by molar-refractivity contribution is 6.35. The van der Waals surface area contributed by atoms with E-state index in [0.29, 0.717) is 21.5 Å². The summed E-state index contributed by atoms with van der Waals surface area (Å²) in [7, 11) is 1.22. The molecule has 2 N–H and O–H groups in total. The number of halogens is 1. The van der Waals surface area contributed by atoms with Crippen molar-refractivity contribution in [3.63, 3.8) is 0 Å². The molecule has 0 fully saturated rings. The van der Waals surface area contributed by atoms with Gasteiger partial charge in [-0.05, 0) is 29.8 Å². The number of aromatic amines is 1. The number of H-pyrrole nitrogens is 1. The van der Waals surface area contributed by atoms with Crippen molar-refractivity contribution in [2.24, 2.45) is 0 Å². The molecule has 4 aromatic rings. The van der Waals surface area contributed by atoms with Gasteiger partial charge in [0.1, 0.15) is 11.4 Å². The molecule has 0 bridgehead atoms. The van der Waals surface area contributed by atoms with Crippen LogP contribution >= 0.6 is 11.6 Å². The molecule has 2 heterocycles. The van der Waals surface area contributed by atoms with Gasteiger partial charge in [0.05, 0.1) is 23.2 Å². The first-order valence-corrected chi connectivity index (χ1v) is 10.1. The highest BCUT2D eigenvalue weighted by Crippen LogP contribution is 2.33. The summed E-state index contributed by atoms with van der Waals surface area (Å²) >= 11 is 6.46. The summed E-state index contributed by atoms with van der Waals surface area (Å²) in [6, 6.07) is 17.4. The third kappa shape index (κ3) is 3.98. The summed E-state index contributed by atoms with van der Waals surface area (Å²) in [5.41, 5.74) is 1.60. The van der Waals surface area contributed by atoms with Crippen LogP contribution in [-0.2, 0) is 11.3 Å². The van der Waals surface area contributed by atoms with Crippen LogP contribution in [0.4, 0.5) is 0 Å². The predicted octanol–water partition coefficient (Wildman–Crippen LogP) is 3.96. The Morgan fingerprint density at radius 1 is 1.06 bits per heavy atom. The Morgan fingerprint density at radius 3 is 2.50 bits per heavy atom. The molecule has 2 aromatic heterocycles. The summed E-state index contributed by atoms with van der Waals surface area (Å²) in [6.45, 7) is -0.186. The van der Waals surface area contributed by atoms with Crippen molar-refractivity contribution in [1.82, 2.24) is 15.3 Å². The molecule has 0 aliphatic carbocycles. The standard InChI is InChI=1S/C24H18ClN3O4/c1-32-24(31)21-16(13-27-23(30)18-9-5-6-12-26-18)22(29)15-10-11-17(25)19(20(15)28-21)14-7-3-2-4-8-14/h2-12H,13H2,1H3,(H,27,30)(H,28,29). The number of methoxy groups -OCH3 is 1. The third-order valence-corrected chi connectivity index (χ3v) is 5.32. The van der Waals surface area contributed by atoms with Crippen molar-refractivity contribution in [1.29, 1.82) is 0 Å². The van der Waals surface area contributed by atoms with Crippen LogP contribution in [0.15, 0.2) is 71.7 Å². The van der Waals surface area contributed by atoms with E-state index < -0.39 is 17.3 Å². The number of carbonyl (C=O) groups is 2. The zero-order valence-corrected chi connectivity index (χ0v) is 17.8. The van der Waals surface area contributed by atoms with E-state index >= 15 is 0 Å². The normalized spacial score (nSPS) is 10.7. The van der Waals surface area contributed by atoms with Crippen LogP contribution in [0.5, 0.6) is 0 Å². The lowest BCUT2D eigenvalue weighted by Gasteiger charge is -2.14. The smallest absolute Gasteiger partial charge is 0.354 e. The van der Waals surface area contributed by atoms with Gasteiger partial charge in [0.2, 0.25) is 0 Å². The second-order valence-corrected chi connectivity index (χ2v) is 7.32. The first kappa shape index (κ1) is 21.3. The van der Waals surface area contributed by atoms with E-state index in [9.17, 15) is 14.4 Å². The van der Waals surface area contributed by atoms with Gasteiger partial charge >= 0.3 is 5.97 Å². The van der Waals surface area contributed by atoms with Gasteiger partial charge in [-0.15, -0.1) is 0 Å². The number of ether oxygens (including phenoxy) is 1. The average molecular weight is 448 g/mol. The third-order valence-electron chi connectivity index (χ3n) is 5.00. The first-order valence-electron chi connectivity index (χ1n) is 9.71. The fourth-order valence-corrected chi connectivity index (χ4v) is 3.73. The summed E-state index contributed by atoms with van der Waals surface area (Å²) in [4.78, 5) is 45.3. The number of hydrogen-bond acceptors (Lipinski definition) is 5. The molecule has 4 rings (SSSR count). The van der Waals surface area contributed by atoms with Crippen LogP contribution in [0.25, 0.3) is 22.0 Å². The van der Waals surface area contributed by atoms with Crippen molar-refractivity contribution in [3.05, 3.63) is 99.1 Å². The van der Waals surface area contributed by atoms with Gasteiger partial charge in [-0.2, -0.15) is 0 Å². The second-order valence-electron chi connectivity index (χ2n) is 6.91. The molecule has 32 heavy (non-hydrogen) atoms. The lowest BCUT2D eigenvalue weighted by atomic mass is 9.99. The van der Waals surface area contributed by atoms with E-state index in [0.717, 1.165) is 5.56 Å². The first-order chi connectivity index (χ1) is 15.5. The van der Waals surface area contributed by atoms with E-state index in [1.165, 1.54) is 13.3 Å². The van der Waals surface area contributed by atoms with E-state index in [-0.39, 0.29) is 23.5 Å². The molecule has 7 nitrogen and oxygen atoms in total. The number of aromatic nitrogens is 2. The quantitative estimate of drug-likeness (QED) is 0.451. The number of nitrogens with one attached hydrogen (secondary N) is 2. The van der Waals surface area contributed by atoms with Crippen molar-refractivity contribution in [2.45, 2.75) is 6.54 Å². The van der Waals surface area contributed by atoms with Gasteiger partial charge in [-0.3, -0.25) is 14.6 Å². The fraction of sp³-hybridized carbons (Fsp3) is 0.0833. The molecule has 0 atom stereocenters. The number of amides is 1. The van der Waals surface area contributed by atoms with Crippen LogP contribution in [-0.4, -0.2) is 29.0 Å². The van der Waals surface area contributed by atoms with Crippen LogP contribution in [0.3, 0.4) is 0 Å². The predicted molar refractivity (Wildman–Crippen MR) is 122 cm³/mol. The fourth-order valence-electron chi connectivity index (χ4n) is 3.46. The van der Waals surface area contributed by atoms with Gasteiger partial charge in [0.15, 0.2) is 5.43 Å². The lowest BCUT2D eigenvalue weighted by molar-refractivity contribution is 0.0592. The minimum Gasteiger partial charge on any atom is -0.464 e. The van der Waals surface area contributed by atoms with Crippen molar-refractivity contribution < 1.29 is 14.3 Å². The Kier molecular flexibility index (Phi) is 6.00. The van der Waals surface area contributed by atoms with E-state index in [1.54, 1.807) is 30.3 Å². The maximum absolute atomic E-state index is 13.4. The zero-order chi connectivity index (χ0) is 22.7. The number of nitrogens with zero attached hydrogens (tertiary/aromatic N) is 1. The Labute approximate surface area is 188 Å². The molecule has 0 aliphatic heterocycles. The van der Waals surface area contributed by atoms with E-state index in [1.807, 2.05) is 30.3 Å². The number of rotatable bonds is 5. The van der Waals surface area contributed by atoms with Crippen LogP contribution in [0.2, 0.25) is 5.02 Å². The van der Waals surface area contributed by atoms with Gasteiger partial charge in [0, 0.05) is 23.7 Å². The zero-order valence-electron chi connectivity index (χ0n) is 17.0. The Balaban J connectivity index is 1.86. The minimum absolute atomic E-state index is 0.0502.